The van der Waals surface area contributed by atoms with E-state index in [1.807, 2.05) is 0 Å². The van der Waals surface area contributed by atoms with E-state index in [-0.39, 0.29) is 30.7 Å². The van der Waals surface area contributed by atoms with Gasteiger partial charge in [0.25, 0.3) is 0 Å². The monoisotopic (exact) mass is 310 g/mol. The summed E-state index contributed by atoms with van der Waals surface area (Å²) < 4.78 is 13.9. The lowest BCUT2D eigenvalue weighted by molar-refractivity contribution is -0.134. The molecule has 2 amide bonds. The van der Waals surface area contributed by atoms with Crippen molar-refractivity contribution in [2.45, 2.75) is 31.8 Å². The number of carbonyl (C=O) groups is 2. The average molecular weight is 311 g/mol. The molecule has 0 bridgehead atoms. The van der Waals surface area contributed by atoms with Crippen LogP contribution in [0.1, 0.15) is 24.8 Å². The number of halogens is 2. The minimum Gasteiger partial charge on any atom is -0.344 e. The van der Waals surface area contributed by atoms with Crippen LogP contribution >= 0.6 is 11.6 Å². The van der Waals surface area contributed by atoms with E-state index in [1.165, 1.54) is 6.07 Å². The Hall–Kier alpha value is -1.62. The highest BCUT2D eigenvalue weighted by atomic mass is 35.5. The van der Waals surface area contributed by atoms with Gasteiger partial charge in [-0.1, -0.05) is 17.7 Å². The Labute approximate surface area is 127 Å². The average Bonchev–Trinajstić information content (AvgIpc) is 3.26. The molecule has 1 aromatic rings. The molecule has 1 N–H and O–H groups in total. The van der Waals surface area contributed by atoms with Crippen molar-refractivity contribution < 1.29 is 14.0 Å². The van der Waals surface area contributed by atoms with Gasteiger partial charge in [0.15, 0.2) is 0 Å². The van der Waals surface area contributed by atoms with Gasteiger partial charge in [0, 0.05) is 30.1 Å². The molecular formula is C15H16ClFN2O2. The summed E-state index contributed by atoms with van der Waals surface area (Å²) in [5.41, 5.74) is 0.414. The third kappa shape index (κ3) is 3.18. The van der Waals surface area contributed by atoms with Gasteiger partial charge in [0.1, 0.15) is 11.9 Å². The Morgan fingerprint density at radius 1 is 1.33 bits per heavy atom. The number of hydrogen-bond donors (Lipinski definition) is 1. The molecule has 1 aliphatic heterocycles. The second-order valence-electron chi connectivity index (χ2n) is 5.63. The van der Waals surface area contributed by atoms with Crippen LogP contribution in [0.2, 0.25) is 5.02 Å². The molecule has 3 rings (SSSR count). The van der Waals surface area contributed by atoms with Crippen molar-refractivity contribution in [2.24, 2.45) is 5.92 Å². The highest BCUT2D eigenvalue weighted by molar-refractivity contribution is 6.30. The van der Waals surface area contributed by atoms with Crippen molar-refractivity contribution in [1.82, 2.24) is 10.2 Å². The molecule has 1 aromatic carbocycles. The van der Waals surface area contributed by atoms with E-state index in [0.717, 1.165) is 12.8 Å². The Balaban J connectivity index is 1.79. The minimum absolute atomic E-state index is 0.112. The van der Waals surface area contributed by atoms with Crippen LogP contribution in [0.3, 0.4) is 0 Å². The second kappa shape index (κ2) is 5.64. The number of rotatable bonds is 3. The Bertz CT molecular complexity index is 589. The first kappa shape index (κ1) is 14.3. The largest absolute Gasteiger partial charge is 0.344 e. The lowest BCUT2D eigenvalue weighted by Crippen LogP contribution is -2.45. The van der Waals surface area contributed by atoms with Crippen molar-refractivity contribution in [3.63, 3.8) is 0 Å². The van der Waals surface area contributed by atoms with E-state index in [4.69, 9.17) is 11.6 Å². The fourth-order valence-electron chi connectivity index (χ4n) is 2.61. The lowest BCUT2D eigenvalue weighted by Gasteiger charge is -2.24. The highest BCUT2D eigenvalue weighted by Crippen LogP contribution is 2.34. The molecule has 21 heavy (non-hydrogen) atoms. The summed E-state index contributed by atoms with van der Waals surface area (Å²) in [6.45, 7) is 0.482. The molecule has 1 aliphatic carbocycles. The zero-order chi connectivity index (χ0) is 15.0. The molecule has 112 valence electrons. The maximum absolute atomic E-state index is 13.9. The molecule has 6 heteroatoms. The van der Waals surface area contributed by atoms with Crippen LogP contribution in [0.4, 0.5) is 4.39 Å². The molecule has 1 atom stereocenters. The molecular weight excluding hydrogens is 295 g/mol. The number of amides is 2. The molecule has 0 spiro atoms. The van der Waals surface area contributed by atoms with Gasteiger partial charge in [0.05, 0.1) is 0 Å². The maximum atomic E-state index is 13.9. The molecule has 0 aromatic heterocycles. The summed E-state index contributed by atoms with van der Waals surface area (Å²) in [4.78, 5) is 25.8. The molecule has 1 heterocycles. The smallest absolute Gasteiger partial charge is 0.245 e. The topological polar surface area (TPSA) is 49.4 Å². The van der Waals surface area contributed by atoms with E-state index >= 15 is 0 Å². The van der Waals surface area contributed by atoms with Crippen molar-refractivity contribution >= 4 is 23.4 Å². The van der Waals surface area contributed by atoms with Crippen LogP contribution in [-0.2, 0) is 16.1 Å². The van der Waals surface area contributed by atoms with Crippen molar-refractivity contribution in [2.75, 3.05) is 6.54 Å². The molecule has 0 radical (unpaired) electrons. The third-order valence-corrected chi connectivity index (χ3v) is 4.21. The highest BCUT2D eigenvalue weighted by Gasteiger charge is 2.40. The first-order valence-electron chi connectivity index (χ1n) is 7.06. The summed E-state index contributed by atoms with van der Waals surface area (Å²) in [7, 11) is 0. The van der Waals surface area contributed by atoms with Gasteiger partial charge in [-0.3, -0.25) is 9.59 Å². The number of benzene rings is 1. The summed E-state index contributed by atoms with van der Waals surface area (Å²) in [5.74, 6) is -0.420. The Morgan fingerprint density at radius 3 is 2.76 bits per heavy atom. The van der Waals surface area contributed by atoms with Crippen LogP contribution in [0, 0.1) is 11.7 Å². The van der Waals surface area contributed by atoms with Crippen LogP contribution in [0.25, 0.3) is 0 Å². The number of nitrogens with one attached hydrogen (secondary N) is 1. The molecule has 1 saturated carbocycles. The summed E-state index contributed by atoms with van der Waals surface area (Å²) >= 11 is 5.73. The van der Waals surface area contributed by atoms with E-state index in [1.54, 1.807) is 17.0 Å². The quantitative estimate of drug-likeness (QED) is 0.929. The zero-order valence-corrected chi connectivity index (χ0v) is 12.2. The van der Waals surface area contributed by atoms with E-state index in [9.17, 15) is 14.0 Å². The summed E-state index contributed by atoms with van der Waals surface area (Å²) in [6, 6.07) is 3.97. The normalized spacial score (nSPS) is 23.0. The van der Waals surface area contributed by atoms with Crippen molar-refractivity contribution in [3.05, 3.63) is 34.6 Å². The van der Waals surface area contributed by atoms with Crippen molar-refractivity contribution in [3.8, 4) is 0 Å². The first-order valence-corrected chi connectivity index (χ1v) is 7.44. The van der Waals surface area contributed by atoms with E-state index < -0.39 is 11.9 Å². The van der Waals surface area contributed by atoms with Crippen LogP contribution in [0.15, 0.2) is 18.2 Å². The van der Waals surface area contributed by atoms with Gasteiger partial charge < -0.3 is 10.2 Å². The third-order valence-electron chi connectivity index (χ3n) is 3.97. The van der Waals surface area contributed by atoms with E-state index in [0.29, 0.717) is 17.1 Å². The molecule has 2 aliphatic rings. The van der Waals surface area contributed by atoms with Crippen LogP contribution in [-0.4, -0.2) is 29.3 Å². The minimum atomic E-state index is -0.449. The second-order valence-corrected chi connectivity index (χ2v) is 6.06. The van der Waals surface area contributed by atoms with Gasteiger partial charge in [0.2, 0.25) is 11.8 Å². The van der Waals surface area contributed by atoms with Gasteiger partial charge in [-0.05, 0) is 30.9 Å². The van der Waals surface area contributed by atoms with Crippen LogP contribution < -0.4 is 5.32 Å². The standard InChI is InChI=1S/C15H16ClFN2O2/c16-11-4-3-10(12(17)7-11)8-19-6-5-13(20)18-14(15(19)21)9-1-2-9/h3-4,7,9,14H,1-2,5-6,8H2,(H,18,20). The predicted molar refractivity (Wildman–Crippen MR) is 76.1 cm³/mol. The fraction of sp³-hybridized carbons (Fsp3) is 0.467. The number of nitrogens with zero attached hydrogens (tertiary/aromatic N) is 1. The number of carbonyl (C=O) groups excluding carboxylic acids is 2. The SMILES string of the molecule is O=C1CCN(Cc2ccc(Cl)cc2F)C(=O)C(C2CC2)N1. The van der Waals surface area contributed by atoms with Gasteiger partial charge in [-0.2, -0.15) is 0 Å². The summed E-state index contributed by atoms with van der Waals surface area (Å²) in [6.07, 6.45) is 2.17. The fourth-order valence-corrected chi connectivity index (χ4v) is 2.77. The predicted octanol–water partition coefficient (Wildman–Crippen LogP) is 2.11. The summed E-state index contributed by atoms with van der Waals surface area (Å²) in [5, 5.41) is 3.11. The van der Waals surface area contributed by atoms with Crippen LogP contribution in [0.5, 0.6) is 0 Å². The van der Waals surface area contributed by atoms with Crippen molar-refractivity contribution in [1.29, 1.82) is 0 Å². The first-order chi connectivity index (χ1) is 10.0. The molecule has 4 nitrogen and oxygen atoms in total. The van der Waals surface area contributed by atoms with Gasteiger partial charge in [-0.25, -0.2) is 4.39 Å². The van der Waals surface area contributed by atoms with Gasteiger partial charge >= 0.3 is 0 Å². The Kier molecular flexibility index (Phi) is 3.85. The molecule has 1 unspecified atom stereocenters. The lowest BCUT2D eigenvalue weighted by atomic mass is 10.1. The number of hydrogen-bond acceptors (Lipinski definition) is 2. The molecule has 2 fully saturated rings. The maximum Gasteiger partial charge on any atom is 0.245 e. The van der Waals surface area contributed by atoms with E-state index in [2.05, 4.69) is 5.32 Å². The zero-order valence-electron chi connectivity index (χ0n) is 11.4. The molecule has 1 saturated heterocycles. The Morgan fingerprint density at radius 2 is 2.10 bits per heavy atom. The van der Waals surface area contributed by atoms with Gasteiger partial charge in [-0.15, -0.1) is 0 Å².